The Hall–Kier alpha value is -1.95. The summed E-state index contributed by atoms with van der Waals surface area (Å²) in [6.45, 7) is 2.07. The second kappa shape index (κ2) is 6.44. The van der Waals surface area contributed by atoms with Gasteiger partial charge in [-0.15, -0.1) is 0 Å². The molecule has 3 nitrogen and oxygen atoms in total. The van der Waals surface area contributed by atoms with Gasteiger partial charge >= 0.3 is 6.09 Å². The number of benzene rings is 1. The highest BCUT2D eigenvalue weighted by molar-refractivity contribution is 5.69. The maximum atomic E-state index is 12.2. The Morgan fingerprint density at radius 3 is 2.82 bits per heavy atom. The third kappa shape index (κ3) is 2.83. The van der Waals surface area contributed by atoms with E-state index in [1.807, 2.05) is 23.1 Å². The van der Waals surface area contributed by atoms with Crippen LogP contribution in [0.4, 0.5) is 4.79 Å². The van der Waals surface area contributed by atoms with E-state index in [9.17, 15) is 4.79 Å². The van der Waals surface area contributed by atoms with Gasteiger partial charge in [0.25, 0.3) is 0 Å². The van der Waals surface area contributed by atoms with Crippen molar-refractivity contribution in [1.29, 1.82) is 0 Å². The Morgan fingerprint density at radius 2 is 2.05 bits per heavy atom. The van der Waals surface area contributed by atoms with E-state index in [4.69, 9.17) is 4.74 Å². The number of hydrogen-bond acceptors (Lipinski definition) is 2. The smallest absolute Gasteiger partial charge is 0.410 e. The molecular weight excluding hydrogens is 274 g/mol. The predicted molar refractivity (Wildman–Crippen MR) is 86.5 cm³/mol. The van der Waals surface area contributed by atoms with Crippen LogP contribution < -0.4 is 0 Å². The van der Waals surface area contributed by atoms with Crippen LogP contribution in [0.1, 0.15) is 43.2 Å². The summed E-state index contributed by atoms with van der Waals surface area (Å²) in [4.78, 5) is 14.1. The number of aryl methyl sites for hydroxylation is 1. The van der Waals surface area contributed by atoms with Crippen molar-refractivity contribution in [3.63, 3.8) is 0 Å². The molecule has 0 radical (unpaired) electrons. The summed E-state index contributed by atoms with van der Waals surface area (Å²) in [5, 5.41) is 0. The third-order valence-electron chi connectivity index (χ3n) is 4.99. The minimum absolute atomic E-state index is 0.0137. The van der Waals surface area contributed by atoms with Gasteiger partial charge in [-0.3, -0.25) is 4.90 Å². The number of methoxy groups -OCH3 is 1. The van der Waals surface area contributed by atoms with Gasteiger partial charge in [0.15, 0.2) is 0 Å². The highest BCUT2D eigenvalue weighted by atomic mass is 16.5. The molecular formula is C19H23NO2. The molecule has 0 spiro atoms. The Morgan fingerprint density at radius 1 is 1.27 bits per heavy atom. The normalized spacial score (nSPS) is 26.8. The van der Waals surface area contributed by atoms with E-state index in [0.717, 1.165) is 18.4 Å². The molecule has 2 aliphatic rings. The van der Waals surface area contributed by atoms with Crippen LogP contribution in [0, 0.1) is 24.7 Å². The molecule has 0 bridgehead atoms. The zero-order valence-corrected chi connectivity index (χ0v) is 13.3. The highest BCUT2D eigenvalue weighted by Gasteiger charge is 2.44. The average molecular weight is 297 g/mol. The van der Waals surface area contributed by atoms with Gasteiger partial charge in [-0.05, 0) is 43.7 Å². The van der Waals surface area contributed by atoms with Crippen molar-refractivity contribution in [2.24, 2.45) is 5.92 Å². The molecule has 1 aliphatic heterocycles. The van der Waals surface area contributed by atoms with Gasteiger partial charge in [0.1, 0.15) is 0 Å². The summed E-state index contributed by atoms with van der Waals surface area (Å²) in [5.41, 5.74) is 2.22. The number of amides is 1. The molecule has 2 fully saturated rings. The molecule has 3 heteroatoms. The van der Waals surface area contributed by atoms with E-state index in [0.29, 0.717) is 12.0 Å². The molecule has 1 heterocycles. The molecule has 1 amide bonds. The van der Waals surface area contributed by atoms with Gasteiger partial charge in [0.05, 0.1) is 13.2 Å². The molecule has 3 rings (SSSR count). The average Bonchev–Trinajstić information content (AvgIpc) is 2.91. The van der Waals surface area contributed by atoms with E-state index in [2.05, 4.69) is 24.8 Å². The lowest BCUT2D eigenvalue weighted by Crippen LogP contribution is -2.42. The van der Waals surface area contributed by atoms with Crippen LogP contribution in [0.3, 0.4) is 0 Å². The van der Waals surface area contributed by atoms with E-state index < -0.39 is 0 Å². The second-order valence-corrected chi connectivity index (χ2v) is 6.32. The molecule has 3 unspecified atom stereocenters. The van der Waals surface area contributed by atoms with Gasteiger partial charge in [-0.1, -0.05) is 42.9 Å². The quantitative estimate of drug-likeness (QED) is 0.683. The molecule has 1 saturated heterocycles. The van der Waals surface area contributed by atoms with Crippen molar-refractivity contribution in [2.75, 3.05) is 7.11 Å². The monoisotopic (exact) mass is 297 g/mol. The number of ether oxygens (including phenoxy) is 1. The number of carbonyl (C=O) groups is 1. The SMILES string of the molecule is COC(=O)N1C(C#Cc2ccccc2C)CC2CCCCC21. The van der Waals surface area contributed by atoms with Gasteiger partial charge in [-0.25, -0.2) is 4.79 Å². The summed E-state index contributed by atoms with van der Waals surface area (Å²) in [7, 11) is 1.46. The van der Waals surface area contributed by atoms with Crippen molar-refractivity contribution >= 4 is 6.09 Å². The molecule has 22 heavy (non-hydrogen) atoms. The van der Waals surface area contributed by atoms with Crippen LogP contribution in [-0.2, 0) is 4.74 Å². The fraction of sp³-hybridized carbons (Fsp3) is 0.526. The van der Waals surface area contributed by atoms with E-state index in [1.54, 1.807) is 0 Å². The number of fused-ring (bicyclic) bond motifs is 1. The number of rotatable bonds is 0. The highest BCUT2D eigenvalue weighted by Crippen LogP contribution is 2.39. The van der Waals surface area contributed by atoms with Crippen LogP contribution in [0.15, 0.2) is 24.3 Å². The van der Waals surface area contributed by atoms with Crippen molar-refractivity contribution in [2.45, 2.75) is 51.1 Å². The lowest BCUT2D eigenvalue weighted by molar-refractivity contribution is 0.0987. The molecule has 0 aromatic heterocycles. The standard InChI is InChI=1S/C19H23NO2/c1-14-7-3-4-8-15(14)11-12-17-13-16-9-5-6-10-18(16)20(17)19(21)22-2/h3-4,7-8,16-18H,5-6,9-10,13H2,1-2H3. The molecule has 116 valence electrons. The van der Waals surface area contributed by atoms with E-state index in [1.165, 1.54) is 31.9 Å². The van der Waals surface area contributed by atoms with Crippen molar-refractivity contribution in [1.82, 2.24) is 4.90 Å². The first-order valence-corrected chi connectivity index (χ1v) is 8.14. The second-order valence-electron chi connectivity index (χ2n) is 6.32. The van der Waals surface area contributed by atoms with Crippen LogP contribution in [-0.4, -0.2) is 30.2 Å². The number of carbonyl (C=O) groups excluding carboxylic acids is 1. The number of nitrogens with zero attached hydrogens (tertiary/aromatic N) is 1. The number of hydrogen-bond donors (Lipinski definition) is 0. The predicted octanol–water partition coefficient (Wildman–Crippen LogP) is 3.75. The Labute approximate surface area is 132 Å². The van der Waals surface area contributed by atoms with Crippen LogP contribution in [0.5, 0.6) is 0 Å². The Kier molecular flexibility index (Phi) is 4.38. The van der Waals surface area contributed by atoms with Crippen molar-refractivity contribution < 1.29 is 9.53 Å². The first-order valence-electron chi connectivity index (χ1n) is 8.14. The van der Waals surface area contributed by atoms with Crippen LogP contribution >= 0.6 is 0 Å². The van der Waals surface area contributed by atoms with Crippen LogP contribution in [0.25, 0.3) is 0 Å². The maximum absolute atomic E-state index is 12.2. The van der Waals surface area contributed by atoms with Gasteiger partial charge in [0.2, 0.25) is 0 Å². The zero-order valence-electron chi connectivity index (χ0n) is 13.3. The van der Waals surface area contributed by atoms with Crippen molar-refractivity contribution in [3.8, 4) is 11.8 Å². The van der Waals surface area contributed by atoms with E-state index >= 15 is 0 Å². The third-order valence-corrected chi connectivity index (χ3v) is 4.99. The molecule has 1 aliphatic carbocycles. The summed E-state index contributed by atoms with van der Waals surface area (Å²) in [6, 6.07) is 8.43. The van der Waals surface area contributed by atoms with Gasteiger partial charge in [0, 0.05) is 11.6 Å². The molecule has 0 N–H and O–H groups in total. The summed E-state index contributed by atoms with van der Waals surface area (Å²) in [6.07, 6.45) is 5.53. The topological polar surface area (TPSA) is 29.5 Å². The summed E-state index contributed by atoms with van der Waals surface area (Å²) < 4.78 is 5.01. The number of likely N-dealkylation sites (tertiary alicyclic amines) is 1. The minimum atomic E-state index is -0.224. The molecule has 3 atom stereocenters. The largest absolute Gasteiger partial charge is 0.453 e. The van der Waals surface area contributed by atoms with Gasteiger partial charge in [-0.2, -0.15) is 0 Å². The Bertz CT molecular complexity index is 613. The summed E-state index contributed by atoms with van der Waals surface area (Å²) in [5.74, 6) is 7.20. The van der Waals surface area contributed by atoms with Crippen LogP contribution in [0.2, 0.25) is 0 Å². The fourth-order valence-corrected chi connectivity index (χ4v) is 3.83. The lowest BCUT2D eigenvalue weighted by atomic mass is 9.85. The fourth-order valence-electron chi connectivity index (χ4n) is 3.83. The first-order chi connectivity index (χ1) is 10.7. The maximum Gasteiger partial charge on any atom is 0.410 e. The Balaban J connectivity index is 1.85. The molecule has 1 aromatic carbocycles. The minimum Gasteiger partial charge on any atom is -0.453 e. The zero-order chi connectivity index (χ0) is 15.5. The molecule has 1 aromatic rings. The van der Waals surface area contributed by atoms with Gasteiger partial charge < -0.3 is 4.74 Å². The lowest BCUT2D eigenvalue weighted by Gasteiger charge is -2.31. The van der Waals surface area contributed by atoms with E-state index in [-0.39, 0.29) is 12.1 Å². The van der Waals surface area contributed by atoms with Crippen molar-refractivity contribution in [3.05, 3.63) is 35.4 Å². The molecule has 1 saturated carbocycles. The first kappa shape index (κ1) is 15.0. The summed E-state index contributed by atoms with van der Waals surface area (Å²) >= 11 is 0.